The predicted octanol–water partition coefficient (Wildman–Crippen LogP) is 4.41. The molecule has 0 heterocycles. The fourth-order valence-electron chi connectivity index (χ4n) is 4.00. The van der Waals surface area contributed by atoms with Gasteiger partial charge in [0.25, 0.3) is 10.0 Å². The lowest BCUT2D eigenvalue weighted by molar-refractivity contribution is -0.140. The number of sulfonamides is 1. The minimum atomic E-state index is -4.37. The molecule has 0 fully saturated rings. The lowest BCUT2D eigenvalue weighted by Crippen LogP contribution is -2.52. The third kappa shape index (κ3) is 6.74. The molecule has 0 spiro atoms. The number of carbonyl (C=O) groups is 2. The SMILES string of the molecule is CCNC(=O)[C@@H](CC)N(Cc1ccc(F)cc1)C(=O)CN(c1ccccc1F)S(=O)(=O)c1ccc(C)cc1. The van der Waals surface area contributed by atoms with E-state index in [1.807, 2.05) is 0 Å². The molecule has 10 heteroatoms. The minimum absolute atomic E-state index is 0.0789. The third-order valence-electron chi connectivity index (χ3n) is 6.01. The Labute approximate surface area is 222 Å². The molecular formula is C28H31F2N3O4S. The molecule has 0 aromatic heterocycles. The molecule has 3 rings (SSSR count). The van der Waals surface area contributed by atoms with Gasteiger partial charge in [-0.05, 0) is 62.2 Å². The molecule has 7 nitrogen and oxygen atoms in total. The molecule has 38 heavy (non-hydrogen) atoms. The van der Waals surface area contributed by atoms with E-state index < -0.39 is 46.1 Å². The van der Waals surface area contributed by atoms with Gasteiger partial charge in [0.1, 0.15) is 24.2 Å². The van der Waals surface area contributed by atoms with E-state index in [1.165, 1.54) is 59.5 Å². The van der Waals surface area contributed by atoms with Gasteiger partial charge in [-0.3, -0.25) is 13.9 Å². The van der Waals surface area contributed by atoms with Crippen LogP contribution in [-0.4, -0.2) is 44.3 Å². The zero-order chi connectivity index (χ0) is 27.9. The largest absolute Gasteiger partial charge is 0.355 e. The lowest BCUT2D eigenvalue weighted by Gasteiger charge is -2.33. The maximum atomic E-state index is 14.9. The molecule has 3 aromatic carbocycles. The summed E-state index contributed by atoms with van der Waals surface area (Å²) >= 11 is 0. The van der Waals surface area contributed by atoms with Crippen molar-refractivity contribution in [3.8, 4) is 0 Å². The summed E-state index contributed by atoms with van der Waals surface area (Å²) in [7, 11) is -4.37. The van der Waals surface area contributed by atoms with E-state index >= 15 is 0 Å². The molecule has 0 unspecified atom stereocenters. The number of hydrogen-bond donors (Lipinski definition) is 1. The number of nitrogens with one attached hydrogen (secondary N) is 1. The molecule has 2 amide bonds. The normalized spacial score (nSPS) is 12.0. The van der Waals surface area contributed by atoms with Gasteiger partial charge in [-0.1, -0.05) is 48.9 Å². The van der Waals surface area contributed by atoms with Crippen molar-refractivity contribution in [2.24, 2.45) is 0 Å². The summed E-state index contributed by atoms with van der Waals surface area (Å²) in [5.41, 5.74) is 1.08. The Morgan fingerprint density at radius 3 is 2.13 bits per heavy atom. The second kappa shape index (κ2) is 12.6. The van der Waals surface area contributed by atoms with Gasteiger partial charge in [-0.25, -0.2) is 17.2 Å². The first-order valence-corrected chi connectivity index (χ1v) is 13.7. The van der Waals surface area contributed by atoms with Crippen molar-refractivity contribution < 1.29 is 26.8 Å². The minimum Gasteiger partial charge on any atom is -0.355 e. The number of nitrogens with zero attached hydrogens (tertiary/aromatic N) is 2. The zero-order valence-corrected chi connectivity index (χ0v) is 22.3. The molecular weight excluding hydrogens is 512 g/mol. The summed E-state index contributed by atoms with van der Waals surface area (Å²) in [5, 5.41) is 2.70. The first-order chi connectivity index (χ1) is 18.1. The third-order valence-corrected chi connectivity index (χ3v) is 7.79. The highest BCUT2D eigenvalue weighted by molar-refractivity contribution is 7.92. The summed E-state index contributed by atoms with van der Waals surface area (Å²) in [5.74, 6) is -2.41. The molecule has 0 saturated heterocycles. The van der Waals surface area contributed by atoms with Gasteiger partial charge < -0.3 is 10.2 Å². The van der Waals surface area contributed by atoms with E-state index in [0.717, 1.165) is 15.9 Å². The number of amides is 2. The Hall–Kier alpha value is -3.79. The standard InChI is InChI=1S/C28H31F2N3O4S/c1-4-25(28(35)31-5-2)32(18-21-12-14-22(29)15-13-21)27(34)19-33(26-9-7-6-8-24(26)30)38(36,37)23-16-10-20(3)11-17-23/h6-17,25H,4-5,18-19H2,1-3H3,(H,31,35)/t25-/m1/s1. The van der Waals surface area contributed by atoms with Crippen LogP contribution < -0.4 is 9.62 Å². The van der Waals surface area contributed by atoms with E-state index in [1.54, 1.807) is 32.9 Å². The summed E-state index contributed by atoms with van der Waals surface area (Å²) in [6.07, 6.45) is 0.239. The molecule has 0 aliphatic heterocycles. The Kier molecular flexibility index (Phi) is 9.57. The number of aryl methyl sites for hydroxylation is 1. The van der Waals surface area contributed by atoms with Crippen molar-refractivity contribution in [2.45, 2.75) is 44.7 Å². The first kappa shape index (κ1) is 28.8. The number of anilines is 1. The summed E-state index contributed by atoms with van der Waals surface area (Å²) in [6, 6.07) is 15.8. The van der Waals surface area contributed by atoms with Gasteiger partial charge in [0, 0.05) is 13.1 Å². The topological polar surface area (TPSA) is 86.8 Å². The number of benzene rings is 3. The molecule has 0 radical (unpaired) electrons. The van der Waals surface area contributed by atoms with E-state index in [9.17, 15) is 26.8 Å². The van der Waals surface area contributed by atoms with Crippen LogP contribution in [0.2, 0.25) is 0 Å². The quantitative estimate of drug-likeness (QED) is 0.388. The van der Waals surface area contributed by atoms with Crippen LogP contribution >= 0.6 is 0 Å². The van der Waals surface area contributed by atoms with Crippen LogP contribution in [0.5, 0.6) is 0 Å². The Balaban J connectivity index is 2.06. The van der Waals surface area contributed by atoms with Crippen LogP contribution in [0.4, 0.5) is 14.5 Å². The summed E-state index contributed by atoms with van der Waals surface area (Å²) < 4.78 is 56.5. The van der Waals surface area contributed by atoms with Crippen LogP contribution in [-0.2, 0) is 26.2 Å². The number of para-hydroxylation sites is 1. The predicted molar refractivity (Wildman–Crippen MR) is 142 cm³/mol. The molecule has 3 aromatic rings. The van der Waals surface area contributed by atoms with E-state index in [4.69, 9.17) is 0 Å². The van der Waals surface area contributed by atoms with Crippen LogP contribution in [0.25, 0.3) is 0 Å². The molecule has 202 valence electrons. The maximum absolute atomic E-state index is 14.9. The Morgan fingerprint density at radius 1 is 0.921 bits per heavy atom. The van der Waals surface area contributed by atoms with Gasteiger partial charge in [-0.15, -0.1) is 0 Å². The average molecular weight is 544 g/mol. The van der Waals surface area contributed by atoms with Crippen molar-refractivity contribution in [3.05, 3.63) is 95.6 Å². The van der Waals surface area contributed by atoms with Gasteiger partial charge in [0.15, 0.2) is 0 Å². The number of hydrogen-bond acceptors (Lipinski definition) is 4. The van der Waals surface area contributed by atoms with Crippen LogP contribution in [0, 0.1) is 18.6 Å². The number of rotatable bonds is 11. The zero-order valence-electron chi connectivity index (χ0n) is 21.5. The molecule has 0 aliphatic carbocycles. The first-order valence-electron chi connectivity index (χ1n) is 12.2. The fourth-order valence-corrected chi connectivity index (χ4v) is 5.42. The van der Waals surface area contributed by atoms with Crippen molar-refractivity contribution >= 4 is 27.5 Å². The van der Waals surface area contributed by atoms with Crippen molar-refractivity contribution in [2.75, 3.05) is 17.4 Å². The van der Waals surface area contributed by atoms with Crippen molar-refractivity contribution in [1.82, 2.24) is 10.2 Å². The van der Waals surface area contributed by atoms with Crippen LogP contribution in [0.3, 0.4) is 0 Å². The number of likely N-dealkylation sites (N-methyl/N-ethyl adjacent to an activating group) is 1. The van der Waals surface area contributed by atoms with Crippen LogP contribution in [0.1, 0.15) is 31.4 Å². The van der Waals surface area contributed by atoms with Gasteiger partial charge >= 0.3 is 0 Å². The van der Waals surface area contributed by atoms with Crippen LogP contribution in [0.15, 0.2) is 77.7 Å². The smallest absolute Gasteiger partial charge is 0.264 e. The Morgan fingerprint density at radius 2 is 1.55 bits per heavy atom. The maximum Gasteiger partial charge on any atom is 0.264 e. The highest BCUT2D eigenvalue weighted by Gasteiger charge is 2.34. The molecule has 1 atom stereocenters. The monoisotopic (exact) mass is 543 g/mol. The average Bonchev–Trinajstić information content (AvgIpc) is 2.89. The van der Waals surface area contributed by atoms with E-state index in [0.29, 0.717) is 12.1 Å². The van der Waals surface area contributed by atoms with Crippen molar-refractivity contribution in [1.29, 1.82) is 0 Å². The van der Waals surface area contributed by atoms with Gasteiger partial charge in [0.05, 0.1) is 10.6 Å². The highest BCUT2D eigenvalue weighted by atomic mass is 32.2. The summed E-state index contributed by atoms with van der Waals surface area (Å²) in [4.78, 5) is 27.8. The van der Waals surface area contributed by atoms with Gasteiger partial charge in [-0.2, -0.15) is 0 Å². The second-order valence-electron chi connectivity index (χ2n) is 8.74. The molecule has 0 saturated carbocycles. The van der Waals surface area contributed by atoms with E-state index in [2.05, 4.69) is 5.32 Å². The Bertz CT molecular complexity index is 1360. The van der Waals surface area contributed by atoms with Gasteiger partial charge in [0.2, 0.25) is 11.8 Å². The molecule has 0 bridgehead atoms. The number of halogens is 2. The fraction of sp³-hybridized carbons (Fsp3) is 0.286. The molecule has 1 N–H and O–H groups in total. The second-order valence-corrected chi connectivity index (χ2v) is 10.6. The highest BCUT2D eigenvalue weighted by Crippen LogP contribution is 2.27. The lowest BCUT2D eigenvalue weighted by atomic mass is 10.1. The number of carbonyl (C=O) groups excluding carboxylic acids is 2. The van der Waals surface area contributed by atoms with E-state index in [-0.39, 0.29) is 23.5 Å². The van der Waals surface area contributed by atoms with Crippen molar-refractivity contribution in [3.63, 3.8) is 0 Å². The molecule has 0 aliphatic rings. The summed E-state index contributed by atoms with van der Waals surface area (Å²) in [6.45, 7) is 4.76.